The molecule has 0 spiro atoms. The zero-order chi connectivity index (χ0) is 14.6. The number of amides is 1. The largest absolute Gasteiger partial charge is 0.350 e. The predicted molar refractivity (Wildman–Crippen MR) is 81.4 cm³/mol. The number of carbonyl (C=O) groups is 1. The van der Waals surface area contributed by atoms with Gasteiger partial charge >= 0.3 is 0 Å². The van der Waals surface area contributed by atoms with Crippen LogP contribution in [0.3, 0.4) is 0 Å². The third-order valence-electron chi connectivity index (χ3n) is 3.38. The molecule has 1 unspecified atom stereocenters. The van der Waals surface area contributed by atoms with Crippen molar-refractivity contribution in [3.8, 4) is 0 Å². The highest BCUT2D eigenvalue weighted by Gasteiger charge is 2.19. The molecule has 1 aromatic rings. The Hall–Kier alpha value is -1.39. The van der Waals surface area contributed by atoms with E-state index in [9.17, 15) is 4.79 Å². The minimum Gasteiger partial charge on any atom is -0.350 e. The number of nitrogens with one attached hydrogen (secondary N) is 3. The summed E-state index contributed by atoms with van der Waals surface area (Å²) in [7, 11) is 0. The van der Waals surface area contributed by atoms with Crippen molar-refractivity contribution in [1.82, 2.24) is 16.0 Å². The third kappa shape index (κ3) is 4.32. The van der Waals surface area contributed by atoms with Crippen LogP contribution < -0.4 is 16.0 Å². The summed E-state index contributed by atoms with van der Waals surface area (Å²) in [4.78, 5) is 11.9. The molecule has 0 saturated heterocycles. The monoisotopic (exact) mass is 275 g/mol. The lowest BCUT2D eigenvalue weighted by Gasteiger charge is -2.23. The molecule has 1 aromatic carbocycles. The highest BCUT2D eigenvalue weighted by molar-refractivity contribution is 5.78. The van der Waals surface area contributed by atoms with Crippen molar-refractivity contribution in [2.45, 2.75) is 45.3 Å². The average molecular weight is 275 g/mol. The maximum Gasteiger partial charge on any atom is 0.234 e. The van der Waals surface area contributed by atoms with E-state index in [1.54, 1.807) is 0 Å². The van der Waals surface area contributed by atoms with E-state index >= 15 is 0 Å². The average Bonchev–Trinajstić information content (AvgIpc) is 2.56. The standard InChI is InChI=1S/C16H25N3O/c1-16(2,3)19-15(20)11-18-14-8-9-17-10-12-6-4-5-7-13(12)14/h4-7,14,17-18H,8-11H2,1-3H3,(H,19,20). The Balaban J connectivity index is 1.97. The van der Waals surface area contributed by atoms with Crippen LogP contribution in [0.5, 0.6) is 0 Å². The topological polar surface area (TPSA) is 53.2 Å². The lowest BCUT2D eigenvalue weighted by atomic mass is 9.99. The van der Waals surface area contributed by atoms with Gasteiger partial charge in [0.2, 0.25) is 5.91 Å². The summed E-state index contributed by atoms with van der Waals surface area (Å²) in [5, 5.41) is 9.79. The summed E-state index contributed by atoms with van der Waals surface area (Å²) in [6, 6.07) is 8.68. The molecule has 1 aliphatic heterocycles. The lowest BCUT2D eigenvalue weighted by molar-refractivity contribution is -0.121. The van der Waals surface area contributed by atoms with Gasteiger partial charge in [-0.3, -0.25) is 4.79 Å². The van der Waals surface area contributed by atoms with Crippen LogP contribution in [-0.2, 0) is 11.3 Å². The molecule has 0 bridgehead atoms. The van der Waals surface area contributed by atoms with Crippen molar-refractivity contribution < 1.29 is 4.79 Å². The Kier molecular flexibility index (Phi) is 4.78. The fourth-order valence-electron chi connectivity index (χ4n) is 2.55. The Morgan fingerprint density at radius 2 is 2.10 bits per heavy atom. The molecule has 0 aromatic heterocycles. The molecule has 4 nitrogen and oxygen atoms in total. The van der Waals surface area contributed by atoms with Gasteiger partial charge in [0, 0.05) is 18.1 Å². The van der Waals surface area contributed by atoms with Crippen LogP contribution in [-0.4, -0.2) is 24.5 Å². The Labute approximate surface area is 121 Å². The van der Waals surface area contributed by atoms with Gasteiger partial charge in [-0.2, -0.15) is 0 Å². The van der Waals surface area contributed by atoms with Crippen molar-refractivity contribution >= 4 is 5.91 Å². The van der Waals surface area contributed by atoms with E-state index in [-0.39, 0.29) is 17.5 Å². The van der Waals surface area contributed by atoms with Crippen LogP contribution in [0.1, 0.15) is 44.4 Å². The first kappa shape index (κ1) is 15.0. The van der Waals surface area contributed by atoms with E-state index in [2.05, 4.69) is 40.2 Å². The zero-order valence-corrected chi connectivity index (χ0v) is 12.6. The van der Waals surface area contributed by atoms with Gasteiger partial charge in [0.15, 0.2) is 0 Å². The van der Waals surface area contributed by atoms with Crippen molar-refractivity contribution in [1.29, 1.82) is 0 Å². The second kappa shape index (κ2) is 6.37. The Morgan fingerprint density at radius 3 is 2.85 bits per heavy atom. The number of carbonyl (C=O) groups excluding carboxylic acids is 1. The third-order valence-corrected chi connectivity index (χ3v) is 3.38. The smallest absolute Gasteiger partial charge is 0.234 e. The normalized spacial score (nSPS) is 19.1. The molecule has 1 aliphatic rings. The Morgan fingerprint density at radius 1 is 1.35 bits per heavy atom. The molecule has 2 rings (SSSR count). The van der Waals surface area contributed by atoms with Crippen molar-refractivity contribution in [3.05, 3.63) is 35.4 Å². The molecule has 0 aliphatic carbocycles. The molecular formula is C16H25N3O. The second-order valence-electron chi connectivity index (χ2n) is 6.40. The zero-order valence-electron chi connectivity index (χ0n) is 12.6. The van der Waals surface area contributed by atoms with Crippen LogP contribution in [0.4, 0.5) is 0 Å². The first-order valence-corrected chi connectivity index (χ1v) is 7.28. The van der Waals surface area contributed by atoms with Gasteiger partial charge in [0.1, 0.15) is 0 Å². The fraction of sp³-hybridized carbons (Fsp3) is 0.562. The molecule has 4 heteroatoms. The summed E-state index contributed by atoms with van der Waals surface area (Å²) in [5.41, 5.74) is 2.45. The highest BCUT2D eigenvalue weighted by atomic mass is 16.2. The van der Waals surface area contributed by atoms with Gasteiger partial charge in [-0.15, -0.1) is 0 Å². The fourth-order valence-corrected chi connectivity index (χ4v) is 2.55. The van der Waals surface area contributed by atoms with E-state index < -0.39 is 0 Å². The lowest BCUT2D eigenvalue weighted by Crippen LogP contribution is -2.45. The van der Waals surface area contributed by atoms with Gasteiger partial charge in [-0.05, 0) is 44.9 Å². The van der Waals surface area contributed by atoms with Gasteiger partial charge in [0.05, 0.1) is 6.54 Å². The molecule has 1 amide bonds. The summed E-state index contributed by atoms with van der Waals surface area (Å²) in [6.07, 6.45) is 1.000. The first-order valence-electron chi connectivity index (χ1n) is 7.28. The molecule has 20 heavy (non-hydrogen) atoms. The van der Waals surface area contributed by atoms with Crippen molar-refractivity contribution in [3.63, 3.8) is 0 Å². The highest BCUT2D eigenvalue weighted by Crippen LogP contribution is 2.23. The maximum absolute atomic E-state index is 11.9. The van der Waals surface area contributed by atoms with E-state index in [1.807, 2.05) is 20.8 Å². The number of fused-ring (bicyclic) bond motifs is 1. The molecule has 110 valence electrons. The van der Waals surface area contributed by atoms with Crippen LogP contribution in [0.2, 0.25) is 0 Å². The quantitative estimate of drug-likeness (QED) is 0.787. The number of benzene rings is 1. The van der Waals surface area contributed by atoms with Crippen LogP contribution >= 0.6 is 0 Å². The van der Waals surface area contributed by atoms with E-state index in [4.69, 9.17) is 0 Å². The molecule has 0 fully saturated rings. The summed E-state index contributed by atoms with van der Waals surface area (Å²) in [6.45, 7) is 8.22. The van der Waals surface area contributed by atoms with E-state index in [0.717, 1.165) is 19.5 Å². The Bertz CT molecular complexity index is 465. The van der Waals surface area contributed by atoms with E-state index in [1.165, 1.54) is 11.1 Å². The molecule has 3 N–H and O–H groups in total. The SMILES string of the molecule is CC(C)(C)NC(=O)CNC1CCNCc2ccccc21. The van der Waals surface area contributed by atoms with Crippen LogP contribution in [0, 0.1) is 0 Å². The number of rotatable bonds is 3. The summed E-state index contributed by atoms with van der Waals surface area (Å²) in [5.74, 6) is 0.0483. The van der Waals surface area contributed by atoms with Gasteiger partial charge in [-0.1, -0.05) is 24.3 Å². The molecule has 0 saturated carbocycles. The maximum atomic E-state index is 11.9. The van der Waals surface area contributed by atoms with Gasteiger partial charge < -0.3 is 16.0 Å². The minimum absolute atomic E-state index is 0.0483. The molecule has 1 heterocycles. The van der Waals surface area contributed by atoms with Crippen molar-refractivity contribution in [2.75, 3.05) is 13.1 Å². The second-order valence-corrected chi connectivity index (χ2v) is 6.40. The van der Waals surface area contributed by atoms with Gasteiger partial charge in [0.25, 0.3) is 0 Å². The van der Waals surface area contributed by atoms with Gasteiger partial charge in [-0.25, -0.2) is 0 Å². The molecular weight excluding hydrogens is 250 g/mol. The molecule has 1 atom stereocenters. The summed E-state index contributed by atoms with van der Waals surface area (Å²) < 4.78 is 0. The van der Waals surface area contributed by atoms with Crippen molar-refractivity contribution in [2.24, 2.45) is 0 Å². The summed E-state index contributed by atoms with van der Waals surface area (Å²) >= 11 is 0. The van der Waals surface area contributed by atoms with Crippen LogP contribution in [0.15, 0.2) is 24.3 Å². The van der Waals surface area contributed by atoms with E-state index in [0.29, 0.717) is 6.54 Å². The predicted octanol–water partition coefficient (Wildman–Crippen LogP) is 1.73. The first-order chi connectivity index (χ1) is 9.46. The van der Waals surface area contributed by atoms with Crippen LogP contribution in [0.25, 0.3) is 0 Å². The number of hydrogen-bond acceptors (Lipinski definition) is 3. The number of hydrogen-bond donors (Lipinski definition) is 3. The molecule has 0 radical (unpaired) electrons. The minimum atomic E-state index is -0.179.